The number of carbonyl (C=O) groups excluding carboxylic acids is 1. The topological polar surface area (TPSA) is 121 Å². The predicted molar refractivity (Wildman–Crippen MR) is 67.0 cm³/mol. The van der Waals surface area contributed by atoms with E-state index in [-0.39, 0.29) is 11.3 Å². The Balaban J connectivity index is 3.16. The summed E-state index contributed by atoms with van der Waals surface area (Å²) in [6, 6.07) is 2.37. The minimum Gasteiger partial charge on any atom is -0.504 e. The fourth-order valence-corrected chi connectivity index (χ4v) is 1.63. The van der Waals surface area contributed by atoms with Crippen molar-refractivity contribution in [1.82, 2.24) is 0 Å². The van der Waals surface area contributed by atoms with Crippen LogP contribution in [-0.2, 0) is 9.59 Å². The second kappa shape index (κ2) is 5.74. The van der Waals surface area contributed by atoms with Crippen LogP contribution in [0.1, 0.15) is 11.5 Å². The number of rotatable bonds is 5. The molecule has 0 spiro atoms. The molecule has 0 saturated carbocycles. The molecule has 1 rings (SSSR count). The second-order valence-corrected chi connectivity index (χ2v) is 4.08. The van der Waals surface area contributed by atoms with Crippen molar-refractivity contribution in [3.63, 3.8) is 0 Å². The molecule has 0 bridgehead atoms. The molecular formula is C11H13NO5S. The maximum Gasteiger partial charge on any atom is 0.318 e. The van der Waals surface area contributed by atoms with E-state index >= 15 is 0 Å². The number of aliphatic carboxylic acids is 1. The molecular weight excluding hydrogens is 258 g/mol. The van der Waals surface area contributed by atoms with Crippen LogP contribution in [0.15, 0.2) is 18.2 Å². The number of hydrogen-bond donors (Lipinski definition) is 5. The van der Waals surface area contributed by atoms with Crippen LogP contribution in [0.3, 0.4) is 0 Å². The van der Waals surface area contributed by atoms with Crippen LogP contribution >= 0.6 is 12.6 Å². The molecule has 0 heterocycles. The zero-order valence-electron chi connectivity index (χ0n) is 9.28. The Labute approximate surface area is 108 Å². The summed E-state index contributed by atoms with van der Waals surface area (Å²) in [6.45, 7) is 0. The Morgan fingerprint density at radius 3 is 2.33 bits per heavy atom. The fourth-order valence-electron chi connectivity index (χ4n) is 1.45. The van der Waals surface area contributed by atoms with Crippen molar-refractivity contribution in [1.29, 1.82) is 0 Å². The Morgan fingerprint density at radius 1 is 1.28 bits per heavy atom. The zero-order chi connectivity index (χ0) is 13.9. The Bertz CT molecular complexity index is 477. The minimum absolute atomic E-state index is 0.0205. The zero-order valence-corrected chi connectivity index (χ0v) is 10.2. The molecule has 0 aliphatic rings. The van der Waals surface area contributed by atoms with E-state index in [1.54, 1.807) is 0 Å². The van der Waals surface area contributed by atoms with Gasteiger partial charge in [0.1, 0.15) is 5.92 Å². The van der Waals surface area contributed by atoms with Gasteiger partial charge >= 0.3 is 5.97 Å². The number of aromatic hydroxyl groups is 2. The van der Waals surface area contributed by atoms with Gasteiger partial charge in [-0.05, 0) is 17.7 Å². The van der Waals surface area contributed by atoms with Crippen molar-refractivity contribution in [2.24, 2.45) is 5.73 Å². The summed E-state index contributed by atoms with van der Waals surface area (Å²) in [6.07, 6.45) is 0. The first-order chi connectivity index (χ1) is 8.38. The Hall–Kier alpha value is -1.73. The number of phenols is 2. The molecule has 1 aromatic carbocycles. The highest BCUT2D eigenvalue weighted by Gasteiger charge is 2.31. The molecule has 0 aromatic heterocycles. The summed E-state index contributed by atoms with van der Waals surface area (Å²) < 4.78 is 0. The van der Waals surface area contributed by atoms with Crippen LogP contribution in [0.2, 0.25) is 0 Å². The summed E-state index contributed by atoms with van der Waals surface area (Å²) in [5, 5.41) is 27.5. The van der Waals surface area contributed by atoms with Crippen LogP contribution in [0.25, 0.3) is 0 Å². The van der Waals surface area contributed by atoms with E-state index in [4.69, 9.17) is 15.9 Å². The Morgan fingerprint density at radius 2 is 1.89 bits per heavy atom. The Kier molecular flexibility index (Phi) is 4.57. The third-order valence-corrected chi connectivity index (χ3v) is 2.82. The van der Waals surface area contributed by atoms with Gasteiger partial charge in [-0.25, -0.2) is 0 Å². The highest BCUT2D eigenvalue weighted by molar-refractivity contribution is 7.80. The lowest BCUT2D eigenvalue weighted by molar-refractivity contribution is -0.142. The van der Waals surface area contributed by atoms with E-state index in [9.17, 15) is 14.7 Å². The molecule has 0 fully saturated rings. The number of Topliss-reactive ketones (excluding diaryl/α,β-unsaturated/α-hetero) is 1. The van der Waals surface area contributed by atoms with Gasteiger partial charge in [0.25, 0.3) is 0 Å². The van der Waals surface area contributed by atoms with Gasteiger partial charge in [0.15, 0.2) is 17.3 Å². The van der Waals surface area contributed by atoms with Gasteiger partial charge in [0, 0.05) is 5.75 Å². The second-order valence-electron chi connectivity index (χ2n) is 3.71. The molecule has 0 radical (unpaired) electrons. The van der Waals surface area contributed by atoms with Crippen molar-refractivity contribution < 1.29 is 24.9 Å². The number of thiol groups is 1. The molecule has 0 amide bonds. The third kappa shape index (κ3) is 2.93. The monoisotopic (exact) mass is 271 g/mol. The number of ketones is 1. The number of phenolic OH excluding ortho intramolecular Hbond substituents is 2. The number of carboxylic acid groups (broad SMARTS) is 1. The first kappa shape index (κ1) is 14.3. The largest absolute Gasteiger partial charge is 0.504 e. The lowest BCUT2D eigenvalue weighted by atomic mass is 9.91. The van der Waals surface area contributed by atoms with E-state index in [1.807, 2.05) is 0 Å². The number of benzene rings is 1. The summed E-state index contributed by atoms with van der Waals surface area (Å²) in [5.41, 5.74) is 5.51. The molecule has 7 heteroatoms. The standard InChI is InChI=1S/C11H13NO5S/c12-6(4-18)10(15)9(11(16)17)5-1-2-7(13)8(14)3-5/h1-3,6,9,13-14,18H,4,12H2,(H,16,17)/t6-,9?/m0/s1. The van der Waals surface area contributed by atoms with Crippen molar-refractivity contribution in [3.8, 4) is 11.5 Å². The summed E-state index contributed by atoms with van der Waals surface area (Å²) >= 11 is 3.84. The van der Waals surface area contributed by atoms with Gasteiger partial charge in [-0.15, -0.1) is 0 Å². The highest BCUT2D eigenvalue weighted by atomic mass is 32.1. The lowest BCUT2D eigenvalue weighted by Gasteiger charge is -2.15. The first-order valence-electron chi connectivity index (χ1n) is 5.03. The predicted octanol–water partition coefficient (Wildman–Crippen LogP) is 0.0922. The van der Waals surface area contributed by atoms with Crippen LogP contribution in [0.4, 0.5) is 0 Å². The first-order valence-corrected chi connectivity index (χ1v) is 5.66. The smallest absolute Gasteiger partial charge is 0.318 e. The molecule has 0 aliphatic carbocycles. The molecule has 5 N–H and O–H groups in total. The highest BCUT2D eigenvalue weighted by Crippen LogP contribution is 2.29. The SMILES string of the molecule is N[C@@H](CS)C(=O)C(C(=O)O)c1ccc(O)c(O)c1. The molecule has 2 atom stereocenters. The molecule has 98 valence electrons. The van der Waals surface area contributed by atoms with Gasteiger partial charge in [-0.3, -0.25) is 9.59 Å². The van der Waals surface area contributed by atoms with Crippen LogP contribution in [0.5, 0.6) is 11.5 Å². The van der Waals surface area contributed by atoms with Crippen LogP contribution in [-0.4, -0.2) is 38.9 Å². The van der Waals surface area contributed by atoms with Gasteiger partial charge in [-0.1, -0.05) is 6.07 Å². The number of carboxylic acids is 1. The van der Waals surface area contributed by atoms with Crippen LogP contribution in [0, 0.1) is 0 Å². The molecule has 18 heavy (non-hydrogen) atoms. The van der Waals surface area contributed by atoms with Crippen molar-refractivity contribution >= 4 is 24.4 Å². The number of carbonyl (C=O) groups is 2. The molecule has 6 nitrogen and oxygen atoms in total. The summed E-state index contributed by atoms with van der Waals surface area (Å²) in [7, 11) is 0. The van der Waals surface area contributed by atoms with Gasteiger partial charge in [0.2, 0.25) is 0 Å². The maximum atomic E-state index is 11.8. The number of hydrogen-bond acceptors (Lipinski definition) is 6. The molecule has 0 saturated heterocycles. The lowest BCUT2D eigenvalue weighted by Crippen LogP contribution is -2.39. The quantitative estimate of drug-likeness (QED) is 0.294. The van der Waals surface area contributed by atoms with E-state index in [2.05, 4.69) is 12.6 Å². The van der Waals surface area contributed by atoms with Crippen LogP contribution < -0.4 is 5.73 Å². The average molecular weight is 271 g/mol. The molecule has 0 aliphatic heterocycles. The summed E-state index contributed by atoms with van der Waals surface area (Å²) in [5.74, 6) is -4.43. The van der Waals surface area contributed by atoms with Gasteiger partial charge < -0.3 is 21.1 Å². The van der Waals surface area contributed by atoms with Crippen molar-refractivity contribution in [2.75, 3.05) is 5.75 Å². The molecule has 1 aromatic rings. The minimum atomic E-state index is -1.49. The maximum absolute atomic E-state index is 11.8. The average Bonchev–Trinajstić information content (AvgIpc) is 2.32. The van der Waals surface area contributed by atoms with E-state index < -0.39 is 35.2 Å². The van der Waals surface area contributed by atoms with Crippen molar-refractivity contribution in [3.05, 3.63) is 23.8 Å². The third-order valence-electron chi connectivity index (χ3n) is 2.43. The van der Waals surface area contributed by atoms with Crippen molar-refractivity contribution in [2.45, 2.75) is 12.0 Å². The van der Waals surface area contributed by atoms with E-state index in [0.29, 0.717) is 0 Å². The van der Waals surface area contributed by atoms with E-state index in [0.717, 1.165) is 12.1 Å². The van der Waals surface area contributed by atoms with Gasteiger partial charge in [-0.2, -0.15) is 12.6 Å². The van der Waals surface area contributed by atoms with Gasteiger partial charge in [0.05, 0.1) is 6.04 Å². The molecule has 1 unspecified atom stereocenters. The fraction of sp³-hybridized carbons (Fsp3) is 0.273. The van der Waals surface area contributed by atoms with E-state index in [1.165, 1.54) is 6.07 Å². The normalized spacial score (nSPS) is 13.9. The summed E-state index contributed by atoms with van der Waals surface area (Å²) in [4.78, 5) is 22.9. The number of nitrogens with two attached hydrogens (primary N) is 1.